The van der Waals surface area contributed by atoms with E-state index in [1.54, 1.807) is 31.4 Å². The molecule has 0 aliphatic carbocycles. The second kappa shape index (κ2) is 9.45. The number of carbonyl (C=O) groups excluding carboxylic acids is 1. The molecule has 3 aromatic rings. The summed E-state index contributed by atoms with van der Waals surface area (Å²) in [4.78, 5) is 12.1. The minimum absolute atomic E-state index is 0.135. The molecule has 1 amide bonds. The van der Waals surface area contributed by atoms with E-state index in [-0.39, 0.29) is 30.7 Å². The molecule has 2 aromatic carbocycles. The summed E-state index contributed by atoms with van der Waals surface area (Å²) in [6, 6.07) is 16.2. The summed E-state index contributed by atoms with van der Waals surface area (Å²) in [5.74, 6) is 1.73. The summed E-state index contributed by atoms with van der Waals surface area (Å²) in [6.07, 6.45) is 0. The van der Waals surface area contributed by atoms with Crippen molar-refractivity contribution in [2.75, 3.05) is 20.3 Å². The molecule has 0 saturated carbocycles. The SMILES string of the molecule is COc1ccccc1OCCNC(=O)c1ccc(COc2ccc(F)cc2)o1. The lowest BCUT2D eigenvalue weighted by atomic mass is 10.3. The molecule has 6 nitrogen and oxygen atoms in total. The quantitative estimate of drug-likeness (QED) is 0.567. The molecule has 146 valence electrons. The Morgan fingerprint density at radius 3 is 2.50 bits per heavy atom. The number of ether oxygens (including phenoxy) is 3. The lowest BCUT2D eigenvalue weighted by Crippen LogP contribution is -2.27. The lowest BCUT2D eigenvalue weighted by molar-refractivity contribution is 0.0915. The van der Waals surface area contributed by atoms with E-state index in [9.17, 15) is 9.18 Å². The van der Waals surface area contributed by atoms with Crippen molar-refractivity contribution < 1.29 is 27.8 Å². The number of para-hydroxylation sites is 2. The first kappa shape index (κ1) is 19.3. The summed E-state index contributed by atoms with van der Waals surface area (Å²) in [6.45, 7) is 0.724. The van der Waals surface area contributed by atoms with E-state index in [2.05, 4.69) is 5.32 Å². The van der Waals surface area contributed by atoms with Crippen LogP contribution in [0.3, 0.4) is 0 Å². The molecule has 3 rings (SSSR count). The van der Waals surface area contributed by atoms with Gasteiger partial charge in [0.25, 0.3) is 5.91 Å². The van der Waals surface area contributed by atoms with Crippen LogP contribution in [0.2, 0.25) is 0 Å². The Bertz CT molecular complexity index is 907. The average molecular weight is 385 g/mol. The van der Waals surface area contributed by atoms with Gasteiger partial charge in [0.15, 0.2) is 17.3 Å². The highest BCUT2D eigenvalue weighted by Gasteiger charge is 2.11. The second-order valence-electron chi connectivity index (χ2n) is 5.76. The summed E-state index contributed by atoms with van der Waals surface area (Å²) >= 11 is 0. The maximum absolute atomic E-state index is 12.9. The summed E-state index contributed by atoms with van der Waals surface area (Å²) in [5, 5.41) is 2.72. The fourth-order valence-electron chi connectivity index (χ4n) is 2.41. The number of carbonyl (C=O) groups is 1. The van der Waals surface area contributed by atoms with Crippen molar-refractivity contribution in [3.63, 3.8) is 0 Å². The van der Waals surface area contributed by atoms with Crippen molar-refractivity contribution in [3.05, 3.63) is 78.0 Å². The Hall–Kier alpha value is -3.48. The third-order valence-electron chi connectivity index (χ3n) is 3.79. The number of methoxy groups -OCH3 is 1. The molecule has 0 unspecified atom stereocenters. The van der Waals surface area contributed by atoms with Crippen LogP contribution in [-0.2, 0) is 6.61 Å². The van der Waals surface area contributed by atoms with Crippen LogP contribution in [0.15, 0.2) is 65.1 Å². The molecule has 7 heteroatoms. The number of rotatable bonds is 9. The Morgan fingerprint density at radius 1 is 1.00 bits per heavy atom. The van der Waals surface area contributed by atoms with Gasteiger partial charge in [0.1, 0.15) is 30.5 Å². The van der Waals surface area contributed by atoms with Crippen molar-refractivity contribution in [1.29, 1.82) is 0 Å². The fourth-order valence-corrected chi connectivity index (χ4v) is 2.41. The van der Waals surface area contributed by atoms with Gasteiger partial charge >= 0.3 is 0 Å². The van der Waals surface area contributed by atoms with Crippen molar-refractivity contribution in [2.45, 2.75) is 6.61 Å². The maximum Gasteiger partial charge on any atom is 0.287 e. The van der Waals surface area contributed by atoms with E-state index >= 15 is 0 Å². The van der Waals surface area contributed by atoms with Gasteiger partial charge in [-0.25, -0.2) is 4.39 Å². The molecule has 0 bridgehead atoms. The predicted molar refractivity (Wildman–Crippen MR) is 100 cm³/mol. The molecule has 28 heavy (non-hydrogen) atoms. The molecular weight excluding hydrogens is 365 g/mol. The van der Waals surface area contributed by atoms with E-state index < -0.39 is 0 Å². The topological polar surface area (TPSA) is 69.9 Å². The molecular formula is C21H20FNO5. The van der Waals surface area contributed by atoms with Crippen LogP contribution in [-0.4, -0.2) is 26.2 Å². The van der Waals surface area contributed by atoms with Crippen LogP contribution in [0.4, 0.5) is 4.39 Å². The first-order valence-electron chi connectivity index (χ1n) is 8.67. The first-order valence-corrected chi connectivity index (χ1v) is 8.67. The van der Waals surface area contributed by atoms with Gasteiger partial charge in [-0.3, -0.25) is 4.79 Å². The highest BCUT2D eigenvalue weighted by Crippen LogP contribution is 2.25. The van der Waals surface area contributed by atoms with Crippen molar-refractivity contribution in [1.82, 2.24) is 5.32 Å². The third kappa shape index (κ3) is 5.26. The first-order chi connectivity index (χ1) is 13.7. The lowest BCUT2D eigenvalue weighted by Gasteiger charge is -2.10. The van der Waals surface area contributed by atoms with Gasteiger partial charge in [0.2, 0.25) is 0 Å². The number of hydrogen-bond acceptors (Lipinski definition) is 5. The molecule has 0 aliphatic heterocycles. The number of furan rings is 1. The van der Waals surface area contributed by atoms with Gasteiger partial charge in [0.05, 0.1) is 13.7 Å². The zero-order chi connectivity index (χ0) is 19.8. The van der Waals surface area contributed by atoms with Crippen molar-refractivity contribution in [3.8, 4) is 17.2 Å². The summed E-state index contributed by atoms with van der Waals surface area (Å²) < 4.78 is 34.6. The molecule has 0 fully saturated rings. The molecule has 0 atom stereocenters. The molecule has 0 saturated heterocycles. The predicted octanol–water partition coefficient (Wildman–Crippen LogP) is 3.82. The van der Waals surface area contributed by atoms with Gasteiger partial charge in [-0.2, -0.15) is 0 Å². The van der Waals surface area contributed by atoms with Crippen LogP contribution >= 0.6 is 0 Å². The minimum Gasteiger partial charge on any atom is -0.493 e. The van der Waals surface area contributed by atoms with Crippen LogP contribution in [0.1, 0.15) is 16.3 Å². The van der Waals surface area contributed by atoms with E-state index in [0.717, 1.165) is 0 Å². The Kier molecular flexibility index (Phi) is 6.51. The normalized spacial score (nSPS) is 10.4. The zero-order valence-electron chi connectivity index (χ0n) is 15.3. The zero-order valence-corrected chi connectivity index (χ0v) is 15.3. The molecule has 0 aliphatic rings. The van der Waals surface area contributed by atoms with Crippen LogP contribution < -0.4 is 19.5 Å². The number of halogens is 1. The summed E-state index contributed by atoms with van der Waals surface area (Å²) in [5.41, 5.74) is 0. The van der Waals surface area contributed by atoms with E-state index in [1.807, 2.05) is 12.1 Å². The number of hydrogen-bond donors (Lipinski definition) is 1. The molecule has 0 spiro atoms. The largest absolute Gasteiger partial charge is 0.493 e. The Balaban J connectivity index is 1.43. The highest BCUT2D eigenvalue weighted by atomic mass is 19.1. The van der Waals surface area contributed by atoms with E-state index in [4.69, 9.17) is 18.6 Å². The van der Waals surface area contributed by atoms with E-state index in [1.165, 1.54) is 24.3 Å². The van der Waals surface area contributed by atoms with E-state index in [0.29, 0.717) is 29.6 Å². The third-order valence-corrected chi connectivity index (χ3v) is 3.79. The standard InChI is InChI=1S/C21H20FNO5/c1-25-18-4-2-3-5-19(18)26-13-12-23-21(24)20-11-10-17(28-20)14-27-16-8-6-15(22)7-9-16/h2-11H,12-14H2,1H3,(H,23,24). The molecule has 0 radical (unpaired) electrons. The Morgan fingerprint density at radius 2 is 1.75 bits per heavy atom. The average Bonchev–Trinajstić information content (AvgIpc) is 3.20. The molecule has 1 aromatic heterocycles. The van der Waals surface area contributed by atoms with Gasteiger partial charge in [-0.1, -0.05) is 12.1 Å². The van der Waals surface area contributed by atoms with Crippen LogP contribution in [0, 0.1) is 5.82 Å². The molecule has 1 heterocycles. The van der Waals surface area contributed by atoms with Gasteiger partial charge in [-0.15, -0.1) is 0 Å². The van der Waals surface area contributed by atoms with Gasteiger partial charge < -0.3 is 23.9 Å². The smallest absolute Gasteiger partial charge is 0.287 e. The number of amides is 1. The highest BCUT2D eigenvalue weighted by molar-refractivity contribution is 5.91. The molecule has 1 N–H and O–H groups in total. The van der Waals surface area contributed by atoms with Crippen molar-refractivity contribution in [2.24, 2.45) is 0 Å². The van der Waals surface area contributed by atoms with Crippen molar-refractivity contribution >= 4 is 5.91 Å². The monoisotopic (exact) mass is 385 g/mol. The Labute approximate surface area is 161 Å². The maximum atomic E-state index is 12.9. The number of benzene rings is 2. The van der Waals surface area contributed by atoms with Crippen LogP contribution in [0.25, 0.3) is 0 Å². The van der Waals surface area contributed by atoms with Gasteiger partial charge in [0, 0.05) is 0 Å². The number of nitrogens with one attached hydrogen (secondary N) is 1. The van der Waals surface area contributed by atoms with Gasteiger partial charge in [-0.05, 0) is 48.5 Å². The summed E-state index contributed by atoms with van der Waals surface area (Å²) in [7, 11) is 1.57. The second-order valence-corrected chi connectivity index (χ2v) is 5.76. The van der Waals surface area contributed by atoms with Crippen LogP contribution in [0.5, 0.6) is 17.2 Å². The minimum atomic E-state index is -0.350. The fraction of sp³-hybridized carbons (Fsp3) is 0.190.